The minimum Gasteiger partial charge on any atom is -0.459 e. The summed E-state index contributed by atoms with van der Waals surface area (Å²) in [5.41, 5.74) is 0.162. The van der Waals surface area contributed by atoms with E-state index >= 15 is 0 Å². The van der Waals surface area contributed by atoms with Gasteiger partial charge in [-0.2, -0.15) is 0 Å². The third-order valence-corrected chi connectivity index (χ3v) is 5.46. The molecule has 2 aliphatic rings. The van der Waals surface area contributed by atoms with E-state index < -0.39 is 29.6 Å². The maximum absolute atomic E-state index is 13.2. The van der Waals surface area contributed by atoms with Crippen LogP contribution in [0.3, 0.4) is 0 Å². The predicted molar refractivity (Wildman–Crippen MR) is 112 cm³/mol. The molecular weight excluding hydrogens is 384 g/mol. The summed E-state index contributed by atoms with van der Waals surface area (Å²) in [6, 6.07) is 8.40. The van der Waals surface area contributed by atoms with Crippen molar-refractivity contribution in [3.05, 3.63) is 35.9 Å². The van der Waals surface area contributed by atoms with E-state index in [0.717, 1.165) is 18.4 Å². The van der Waals surface area contributed by atoms with E-state index in [2.05, 4.69) is 0 Å². The number of rotatable bonds is 4. The molecule has 0 radical (unpaired) electrons. The number of carbonyl (C=O) groups excluding carboxylic acids is 3. The predicted octanol–water partition coefficient (Wildman–Crippen LogP) is 3.37. The Morgan fingerprint density at radius 3 is 2.30 bits per heavy atom. The number of hydrogen-bond acceptors (Lipinski definition) is 5. The average molecular weight is 417 g/mol. The number of hydrogen-bond donors (Lipinski definition) is 0. The molecule has 30 heavy (non-hydrogen) atoms. The van der Waals surface area contributed by atoms with Crippen molar-refractivity contribution in [3.63, 3.8) is 0 Å². The van der Waals surface area contributed by atoms with Gasteiger partial charge in [0, 0.05) is 19.6 Å². The van der Waals surface area contributed by atoms with Crippen LogP contribution < -0.4 is 0 Å². The van der Waals surface area contributed by atoms with E-state index in [1.54, 1.807) is 25.7 Å². The Morgan fingerprint density at radius 2 is 1.67 bits per heavy atom. The lowest BCUT2D eigenvalue weighted by Gasteiger charge is -2.40. The van der Waals surface area contributed by atoms with E-state index in [1.807, 2.05) is 30.3 Å². The normalized spacial score (nSPS) is 22.0. The molecule has 2 atom stereocenters. The highest BCUT2D eigenvalue weighted by molar-refractivity contribution is 5.90. The molecule has 0 saturated carbocycles. The van der Waals surface area contributed by atoms with Crippen LogP contribution in [0.5, 0.6) is 0 Å². The molecule has 3 rings (SSSR count). The molecule has 7 heteroatoms. The molecule has 1 aromatic carbocycles. The molecule has 2 amide bonds. The number of benzene rings is 1. The van der Waals surface area contributed by atoms with Crippen molar-refractivity contribution in [1.82, 2.24) is 9.80 Å². The molecule has 2 saturated heterocycles. The first kappa shape index (κ1) is 22.1. The quantitative estimate of drug-likeness (QED) is 0.704. The van der Waals surface area contributed by atoms with Crippen LogP contribution in [0.1, 0.15) is 52.0 Å². The van der Waals surface area contributed by atoms with Crippen molar-refractivity contribution in [3.8, 4) is 0 Å². The molecule has 0 unspecified atom stereocenters. The third kappa shape index (κ3) is 5.52. The fourth-order valence-electron chi connectivity index (χ4n) is 4.06. The average Bonchev–Trinajstić information content (AvgIpc) is 3.25. The van der Waals surface area contributed by atoms with Gasteiger partial charge in [0.1, 0.15) is 18.2 Å². The first-order chi connectivity index (χ1) is 14.3. The number of ether oxygens (including phenoxy) is 2. The monoisotopic (exact) mass is 416 g/mol. The molecule has 164 valence electrons. The Hall–Kier alpha value is -2.57. The summed E-state index contributed by atoms with van der Waals surface area (Å²) in [4.78, 5) is 42.4. The smallest absolute Gasteiger partial charge is 0.411 e. The number of likely N-dealkylation sites (tertiary alicyclic amines) is 2. The highest BCUT2D eigenvalue weighted by atomic mass is 16.6. The second kappa shape index (κ2) is 9.49. The van der Waals surface area contributed by atoms with E-state index in [1.165, 1.54) is 4.90 Å². The Bertz CT molecular complexity index is 753. The van der Waals surface area contributed by atoms with Gasteiger partial charge in [-0.25, -0.2) is 9.59 Å². The summed E-state index contributed by atoms with van der Waals surface area (Å²) in [6.45, 7) is 7.22. The SMILES string of the molecule is CC(C)(C)OC(=O)N1CCC[C@@H](C(=O)N2CCCC2)[C@@H]1C(=O)OCc1ccccc1. The minimum absolute atomic E-state index is 0.0672. The van der Waals surface area contributed by atoms with Crippen LogP contribution in [0.4, 0.5) is 4.79 Å². The van der Waals surface area contributed by atoms with Crippen LogP contribution in [-0.2, 0) is 25.7 Å². The van der Waals surface area contributed by atoms with Gasteiger partial charge in [-0.05, 0) is 52.0 Å². The molecule has 0 aromatic heterocycles. The number of piperidine rings is 1. The topological polar surface area (TPSA) is 76.2 Å². The Kier molecular flexibility index (Phi) is 7.00. The summed E-state index contributed by atoms with van der Waals surface area (Å²) in [5.74, 6) is -1.22. The molecule has 0 aliphatic carbocycles. The molecule has 0 bridgehead atoms. The van der Waals surface area contributed by atoms with E-state index in [-0.39, 0.29) is 12.5 Å². The van der Waals surface area contributed by atoms with Gasteiger partial charge in [-0.1, -0.05) is 30.3 Å². The lowest BCUT2D eigenvalue weighted by molar-refractivity contribution is -0.160. The highest BCUT2D eigenvalue weighted by Gasteiger charge is 2.46. The summed E-state index contributed by atoms with van der Waals surface area (Å²) in [5, 5.41) is 0. The van der Waals surface area contributed by atoms with Crippen molar-refractivity contribution in [2.45, 2.75) is 64.7 Å². The standard InChI is InChI=1S/C23H32N2O5/c1-23(2,3)30-22(28)25-15-9-12-18(20(26)24-13-7-8-14-24)19(25)21(27)29-16-17-10-5-4-6-11-17/h4-6,10-11,18-19H,7-9,12-16H2,1-3H3/t18-,19-/m1/s1. The first-order valence-electron chi connectivity index (χ1n) is 10.8. The zero-order valence-electron chi connectivity index (χ0n) is 18.1. The Morgan fingerprint density at radius 1 is 1.00 bits per heavy atom. The lowest BCUT2D eigenvalue weighted by Crippen LogP contribution is -2.57. The minimum atomic E-state index is -0.967. The van der Waals surface area contributed by atoms with Crippen molar-refractivity contribution in [1.29, 1.82) is 0 Å². The number of amides is 2. The van der Waals surface area contributed by atoms with Gasteiger partial charge in [-0.15, -0.1) is 0 Å². The molecule has 2 aliphatic heterocycles. The maximum atomic E-state index is 13.2. The van der Waals surface area contributed by atoms with Crippen molar-refractivity contribution in [2.24, 2.45) is 5.92 Å². The number of nitrogens with zero attached hydrogens (tertiary/aromatic N) is 2. The Labute approximate surface area is 178 Å². The molecule has 2 heterocycles. The van der Waals surface area contributed by atoms with Gasteiger partial charge in [0.25, 0.3) is 0 Å². The fourth-order valence-corrected chi connectivity index (χ4v) is 4.06. The molecule has 2 fully saturated rings. The van der Waals surface area contributed by atoms with Crippen LogP contribution in [0.15, 0.2) is 30.3 Å². The number of carbonyl (C=O) groups is 3. The lowest BCUT2D eigenvalue weighted by atomic mass is 9.88. The van der Waals surface area contributed by atoms with E-state index in [0.29, 0.717) is 32.5 Å². The van der Waals surface area contributed by atoms with Crippen LogP contribution in [0.25, 0.3) is 0 Å². The summed E-state index contributed by atoms with van der Waals surface area (Å²) in [7, 11) is 0. The van der Waals surface area contributed by atoms with Gasteiger partial charge in [-0.3, -0.25) is 9.69 Å². The molecule has 0 N–H and O–H groups in total. The number of esters is 1. The molecule has 7 nitrogen and oxygen atoms in total. The van der Waals surface area contributed by atoms with E-state index in [4.69, 9.17) is 9.47 Å². The summed E-state index contributed by atoms with van der Waals surface area (Å²) in [6.07, 6.45) is 2.56. The van der Waals surface area contributed by atoms with Gasteiger partial charge in [0.15, 0.2) is 0 Å². The molecule has 1 aromatic rings. The zero-order chi connectivity index (χ0) is 21.7. The fraction of sp³-hybridized carbons (Fsp3) is 0.609. The summed E-state index contributed by atoms with van der Waals surface area (Å²) < 4.78 is 11.1. The van der Waals surface area contributed by atoms with Gasteiger partial charge >= 0.3 is 12.1 Å². The first-order valence-corrected chi connectivity index (χ1v) is 10.8. The van der Waals surface area contributed by atoms with Gasteiger partial charge < -0.3 is 14.4 Å². The van der Waals surface area contributed by atoms with Crippen molar-refractivity contribution < 1.29 is 23.9 Å². The second-order valence-corrected chi connectivity index (χ2v) is 8.99. The largest absolute Gasteiger partial charge is 0.459 e. The van der Waals surface area contributed by atoms with Crippen LogP contribution in [-0.4, -0.2) is 59.0 Å². The van der Waals surface area contributed by atoms with Crippen LogP contribution in [0, 0.1) is 5.92 Å². The Balaban J connectivity index is 1.80. The zero-order valence-corrected chi connectivity index (χ0v) is 18.1. The third-order valence-electron chi connectivity index (χ3n) is 5.46. The second-order valence-electron chi connectivity index (χ2n) is 8.99. The highest BCUT2D eigenvalue weighted by Crippen LogP contribution is 2.29. The van der Waals surface area contributed by atoms with Gasteiger partial charge in [0.2, 0.25) is 5.91 Å². The molecule has 0 spiro atoms. The van der Waals surface area contributed by atoms with Crippen LogP contribution in [0.2, 0.25) is 0 Å². The van der Waals surface area contributed by atoms with E-state index in [9.17, 15) is 14.4 Å². The molecular formula is C23H32N2O5. The van der Waals surface area contributed by atoms with Crippen molar-refractivity contribution in [2.75, 3.05) is 19.6 Å². The van der Waals surface area contributed by atoms with Crippen molar-refractivity contribution >= 4 is 18.0 Å². The summed E-state index contributed by atoms with van der Waals surface area (Å²) >= 11 is 0. The maximum Gasteiger partial charge on any atom is 0.411 e. The van der Waals surface area contributed by atoms with Crippen LogP contribution >= 0.6 is 0 Å². The van der Waals surface area contributed by atoms with Gasteiger partial charge in [0.05, 0.1) is 5.92 Å².